The minimum atomic E-state index is 0. The second kappa shape index (κ2) is 19.7. The van der Waals surface area contributed by atoms with Gasteiger partial charge in [-0.15, -0.1) is 45.3 Å². The van der Waals surface area contributed by atoms with Crippen molar-refractivity contribution in [1.82, 2.24) is 0 Å². The standard InChI is InChI=1S/C34H37OS4.C5H5.Fe/c1-3-5-7-9-15-25-21-27(23-35)36-33(25)30-19-17-28(37-30)29-18-20-31(38-29)34-26(16-10-8-6-4-2)22-32(39-34)24-13-11-12-14-24;1-2-4-5-3-1;/h11-14,17-23H,3-10,15-16H2,1-2H3;1-5H;/q;;+2. The Kier molecular flexibility index (Phi) is 16.1. The van der Waals surface area contributed by atoms with E-state index < -0.39 is 0 Å². The van der Waals surface area contributed by atoms with Gasteiger partial charge in [0.15, 0.2) is 6.29 Å². The third-order valence-electron chi connectivity index (χ3n) is 7.76. The van der Waals surface area contributed by atoms with Gasteiger partial charge in [-0.2, -0.15) is 0 Å². The van der Waals surface area contributed by atoms with Crippen LogP contribution >= 0.6 is 45.3 Å². The van der Waals surface area contributed by atoms with Gasteiger partial charge in [-0.3, -0.25) is 4.79 Å². The minimum absolute atomic E-state index is 0. The Balaban J connectivity index is 0.000000700. The summed E-state index contributed by atoms with van der Waals surface area (Å²) < 4.78 is 0. The average Bonchev–Trinajstić information content (AvgIpc) is 3.89. The molecule has 0 N–H and O–H groups in total. The summed E-state index contributed by atoms with van der Waals surface area (Å²) in [4.78, 5) is 21.8. The topological polar surface area (TPSA) is 17.1 Å². The molecule has 1 nitrogen and oxygen atoms in total. The van der Waals surface area contributed by atoms with Gasteiger partial charge in [0.2, 0.25) is 0 Å². The Labute approximate surface area is 299 Å². The molecule has 4 heterocycles. The minimum Gasteiger partial charge on any atom is -0.297 e. The van der Waals surface area contributed by atoms with Crippen molar-refractivity contribution in [2.75, 3.05) is 0 Å². The van der Waals surface area contributed by atoms with Gasteiger partial charge < -0.3 is 0 Å². The van der Waals surface area contributed by atoms with Gasteiger partial charge >= 0.3 is 17.1 Å². The van der Waals surface area contributed by atoms with Crippen molar-refractivity contribution < 1.29 is 21.9 Å². The predicted molar refractivity (Wildman–Crippen MR) is 196 cm³/mol. The van der Waals surface area contributed by atoms with Gasteiger partial charge in [0.25, 0.3) is 0 Å². The smallest absolute Gasteiger partial charge is 0.297 e. The van der Waals surface area contributed by atoms with Crippen LogP contribution in [0, 0.1) is 63.7 Å². The van der Waals surface area contributed by atoms with Crippen molar-refractivity contribution in [3.63, 3.8) is 0 Å². The molecule has 0 aromatic carbocycles. The van der Waals surface area contributed by atoms with Crippen LogP contribution < -0.4 is 0 Å². The summed E-state index contributed by atoms with van der Waals surface area (Å²) >= 11 is 7.38. The summed E-state index contributed by atoms with van der Waals surface area (Å²) in [6.07, 6.45) is 32.1. The maximum atomic E-state index is 11.6. The van der Waals surface area contributed by atoms with Crippen molar-refractivity contribution in [2.24, 2.45) is 0 Å². The molecule has 6 rings (SSSR count). The molecule has 4 aromatic rings. The van der Waals surface area contributed by atoms with Crippen LogP contribution in [-0.2, 0) is 29.9 Å². The molecule has 0 spiro atoms. The molecule has 2 aliphatic carbocycles. The van der Waals surface area contributed by atoms with E-state index in [1.54, 1.807) is 11.3 Å². The molecule has 0 aliphatic heterocycles. The molecule has 234 valence electrons. The third-order valence-corrected chi connectivity index (χ3v) is 12.8. The fourth-order valence-corrected chi connectivity index (χ4v) is 10.0. The summed E-state index contributed by atoms with van der Waals surface area (Å²) in [6, 6.07) is 13.7. The van der Waals surface area contributed by atoms with Crippen LogP contribution in [-0.4, -0.2) is 6.29 Å². The number of rotatable bonds is 15. The number of aldehydes is 1. The molecule has 10 radical (unpaired) electrons. The first-order chi connectivity index (χ1) is 21.7. The first-order valence-corrected chi connectivity index (χ1v) is 19.3. The van der Waals surface area contributed by atoms with E-state index in [9.17, 15) is 4.79 Å². The molecular weight excluding hydrogens is 669 g/mol. The van der Waals surface area contributed by atoms with Gasteiger partial charge in [0.05, 0.1) is 4.88 Å². The number of thiophene rings is 4. The van der Waals surface area contributed by atoms with Crippen molar-refractivity contribution in [3.8, 4) is 29.3 Å². The first-order valence-electron chi connectivity index (χ1n) is 16.0. The maximum Gasteiger partial charge on any atom is 2.00 e. The fourth-order valence-electron chi connectivity index (χ4n) is 5.40. The summed E-state index contributed by atoms with van der Waals surface area (Å²) in [7, 11) is 0. The molecule has 0 atom stereocenters. The van der Waals surface area contributed by atoms with E-state index in [-0.39, 0.29) is 17.1 Å². The van der Waals surface area contributed by atoms with Crippen LogP contribution in [0.1, 0.15) is 90.9 Å². The first kappa shape index (κ1) is 36.8. The average molecular weight is 711 g/mol. The van der Waals surface area contributed by atoms with Gasteiger partial charge in [-0.05, 0) is 131 Å². The quantitative estimate of drug-likeness (QED) is 0.0682. The molecule has 2 aliphatic rings. The summed E-state index contributed by atoms with van der Waals surface area (Å²) in [6.45, 7) is 4.53. The SMILES string of the molecule is CCCCCCc1cc(C=O)sc1-c1ccc(-c2ccc(-c3sc([C]4[CH][CH][CH][CH]4)cc3CCCCCC)s2)s1.[CH]1[CH][CH][CH][CH]1.[Fe+2]. The third kappa shape index (κ3) is 10.5. The molecule has 2 saturated carbocycles. The van der Waals surface area contributed by atoms with Crippen molar-refractivity contribution in [3.05, 3.63) is 121 Å². The van der Waals surface area contributed by atoms with E-state index in [2.05, 4.69) is 75.9 Å². The summed E-state index contributed by atoms with van der Waals surface area (Å²) in [5, 5.41) is 0. The largest absolute Gasteiger partial charge is 2.00 e. The van der Waals surface area contributed by atoms with Gasteiger partial charge in [-0.25, -0.2) is 0 Å². The van der Waals surface area contributed by atoms with Crippen LogP contribution in [0.5, 0.6) is 0 Å². The van der Waals surface area contributed by atoms with Crippen LogP contribution in [0.4, 0.5) is 0 Å². The Morgan fingerprint density at radius 3 is 1.53 bits per heavy atom. The van der Waals surface area contributed by atoms with Crippen LogP contribution in [0.2, 0.25) is 0 Å². The van der Waals surface area contributed by atoms with E-state index in [4.69, 9.17) is 0 Å². The molecule has 4 aromatic heterocycles. The zero-order valence-electron chi connectivity index (χ0n) is 26.2. The van der Waals surface area contributed by atoms with Gasteiger partial charge in [-0.1, -0.05) is 52.4 Å². The number of carbonyl (C=O) groups is 1. The number of carbonyl (C=O) groups excluding carboxylic acids is 1. The van der Waals surface area contributed by atoms with Gasteiger partial charge in [0, 0.05) is 40.1 Å². The van der Waals surface area contributed by atoms with E-state index >= 15 is 0 Å². The van der Waals surface area contributed by atoms with Crippen molar-refractivity contribution in [2.45, 2.75) is 78.1 Å². The zero-order chi connectivity index (χ0) is 30.6. The molecule has 6 heteroatoms. The van der Waals surface area contributed by atoms with E-state index in [1.807, 2.05) is 66.1 Å². The van der Waals surface area contributed by atoms with E-state index in [0.717, 1.165) is 24.0 Å². The van der Waals surface area contributed by atoms with Gasteiger partial charge in [0.1, 0.15) is 0 Å². The maximum absolute atomic E-state index is 11.6. The second-order valence-corrected chi connectivity index (χ2v) is 15.5. The monoisotopic (exact) mass is 710 g/mol. The molecule has 2 fully saturated rings. The Morgan fingerprint density at radius 1 is 0.533 bits per heavy atom. The van der Waals surface area contributed by atoms with Crippen LogP contribution in [0.15, 0.2) is 36.4 Å². The summed E-state index contributed by atoms with van der Waals surface area (Å²) in [5.41, 5.74) is 2.84. The molecular formula is C39H42FeOS4+2. The molecule has 0 amide bonds. The van der Waals surface area contributed by atoms with E-state index in [1.165, 1.54) is 103 Å². The van der Waals surface area contributed by atoms with E-state index in [0.29, 0.717) is 0 Å². The number of hydrogen-bond donors (Lipinski definition) is 0. The number of unbranched alkanes of at least 4 members (excludes halogenated alkanes) is 6. The number of hydrogen-bond acceptors (Lipinski definition) is 5. The van der Waals surface area contributed by atoms with Crippen molar-refractivity contribution in [1.29, 1.82) is 0 Å². The van der Waals surface area contributed by atoms with Crippen molar-refractivity contribution >= 4 is 51.6 Å². The number of aryl methyl sites for hydroxylation is 2. The second-order valence-electron chi connectivity index (χ2n) is 11.2. The molecule has 0 unspecified atom stereocenters. The Hall–Kier alpha value is -1.01. The summed E-state index contributed by atoms with van der Waals surface area (Å²) in [5.74, 6) is 1.33. The normalized spacial score (nSPS) is 14.8. The fraction of sp³-hybridized carbons (Fsp3) is 0.308. The van der Waals surface area contributed by atoms with Crippen LogP contribution in [0.25, 0.3) is 29.3 Å². The predicted octanol–water partition coefficient (Wildman–Crippen LogP) is 12.8. The molecule has 45 heavy (non-hydrogen) atoms. The Bertz CT molecular complexity index is 1400. The zero-order valence-corrected chi connectivity index (χ0v) is 30.6. The molecule has 0 saturated heterocycles. The molecule has 0 bridgehead atoms. The van der Waals surface area contributed by atoms with Crippen LogP contribution in [0.3, 0.4) is 0 Å². The Morgan fingerprint density at radius 2 is 1.02 bits per heavy atom.